The Morgan fingerprint density at radius 3 is 2.60 bits per heavy atom. The topological polar surface area (TPSA) is 63.3 Å². The van der Waals surface area contributed by atoms with Gasteiger partial charge < -0.3 is 24.4 Å². The summed E-state index contributed by atoms with van der Waals surface area (Å²) in [5.41, 5.74) is 2.19. The van der Waals surface area contributed by atoms with E-state index in [0.717, 1.165) is 24.4 Å². The van der Waals surface area contributed by atoms with Crippen LogP contribution in [0.3, 0.4) is 0 Å². The SMILES string of the molecule is COc1cccc(C(=O)NC[C@H](c2ccc3c(c2)OCO3)N2CCN(c3ccccc3F)CC2)c1. The molecule has 1 fully saturated rings. The smallest absolute Gasteiger partial charge is 0.251 e. The summed E-state index contributed by atoms with van der Waals surface area (Å²) in [4.78, 5) is 17.3. The van der Waals surface area contributed by atoms with Gasteiger partial charge in [0.25, 0.3) is 5.91 Å². The summed E-state index contributed by atoms with van der Waals surface area (Å²) >= 11 is 0. The van der Waals surface area contributed by atoms with Crippen LogP contribution in [0.25, 0.3) is 0 Å². The van der Waals surface area contributed by atoms with Crippen molar-refractivity contribution >= 4 is 11.6 Å². The van der Waals surface area contributed by atoms with Crippen LogP contribution in [0.4, 0.5) is 10.1 Å². The number of nitrogens with zero attached hydrogens (tertiary/aromatic N) is 2. The monoisotopic (exact) mass is 477 g/mol. The molecule has 0 bridgehead atoms. The molecule has 182 valence electrons. The van der Waals surface area contributed by atoms with Crippen molar-refractivity contribution in [2.24, 2.45) is 0 Å². The van der Waals surface area contributed by atoms with Gasteiger partial charge in [0.05, 0.1) is 18.8 Å². The number of para-hydroxylation sites is 1. The summed E-state index contributed by atoms with van der Waals surface area (Å²) in [6.07, 6.45) is 0. The van der Waals surface area contributed by atoms with Gasteiger partial charge in [0, 0.05) is 38.3 Å². The summed E-state index contributed by atoms with van der Waals surface area (Å²) < 4.78 is 30.6. The maximum absolute atomic E-state index is 14.3. The fourth-order valence-electron chi connectivity index (χ4n) is 4.62. The van der Waals surface area contributed by atoms with E-state index >= 15 is 0 Å². The number of carbonyl (C=O) groups is 1. The molecule has 3 aromatic carbocycles. The highest BCUT2D eigenvalue weighted by atomic mass is 19.1. The Bertz CT molecular complexity index is 1200. The minimum Gasteiger partial charge on any atom is -0.497 e. The molecule has 1 N–H and O–H groups in total. The third-order valence-corrected chi connectivity index (χ3v) is 6.52. The van der Waals surface area contributed by atoms with Crippen molar-refractivity contribution < 1.29 is 23.4 Å². The predicted molar refractivity (Wildman–Crippen MR) is 131 cm³/mol. The molecule has 0 unspecified atom stereocenters. The van der Waals surface area contributed by atoms with E-state index in [9.17, 15) is 9.18 Å². The highest BCUT2D eigenvalue weighted by molar-refractivity contribution is 5.94. The number of methoxy groups -OCH3 is 1. The van der Waals surface area contributed by atoms with Crippen molar-refractivity contribution in [1.82, 2.24) is 10.2 Å². The zero-order valence-corrected chi connectivity index (χ0v) is 19.6. The van der Waals surface area contributed by atoms with E-state index in [0.29, 0.717) is 42.4 Å². The van der Waals surface area contributed by atoms with E-state index < -0.39 is 0 Å². The minimum absolute atomic E-state index is 0.0816. The molecule has 3 aromatic rings. The van der Waals surface area contributed by atoms with Crippen LogP contribution in [0.2, 0.25) is 0 Å². The number of hydrogen-bond acceptors (Lipinski definition) is 6. The third-order valence-electron chi connectivity index (χ3n) is 6.52. The molecule has 2 aliphatic heterocycles. The van der Waals surface area contributed by atoms with Gasteiger partial charge in [-0.1, -0.05) is 24.3 Å². The third kappa shape index (κ3) is 5.02. The van der Waals surface area contributed by atoms with Crippen LogP contribution in [0.5, 0.6) is 17.2 Å². The molecule has 5 rings (SSSR count). The van der Waals surface area contributed by atoms with Crippen molar-refractivity contribution in [3.05, 3.63) is 83.7 Å². The van der Waals surface area contributed by atoms with Gasteiger partial charge >= 0.3 is 0 Å². The number of fused-ring (bicyclic) bond motifs is 1. The van der Waals surface area contributed by atoms with Gasteiger partial charge in [-0.3, -0.25) is 9.69 Å². The normalized spacial score (nSPS) is 16.1. The molecule has 1 amide bonds. The second-order valence-corrected chi connectivity index (χ2v) is 8.54. The molecule has 35 heavy (non-hydrogen) atoms. The Morgan fingerprint density at radius 1 is 1.00 bits per heavy atom. The van der Waals surface area contributed by atoms with Crippen molar-refractivity contribution in [1.29, 1.82) is 0 Å². The summed E-state index contributed by atoms with van der Waals surface area (Å²) in [5, 5.41) is 3.08. The molecule has 0 radical (unpaired) electrons. The van der Waals surface area contributed by atoms with Gasteiger partial charge in [0.1, 0.15) is 11.6 Å². The molecule has 8 heteroatoms. The number of carbonyl (C=O) groups excluding carboxylic acids is 1. The summed E-state index contributed by atoms with van der Waals surface area (Å²) in [7, 11) is 1.58. The molecule has 0 saturated carbocycles. The Hall–Kier alpha value is -3.78. The van der Waals surface area contributed by atoms with Gasteiger partial charge in [0.15, 0.2) is 11.5 Å². The van der Waals surface area contributed by atoms with Crippen LogP contribution in [-0.2, 0) is 0 Å². The number of benzene rings is 3. The largest absolute Gasteiger partial charge is 0.497 e. The number of hydrogen-bond donors (Lipinski definition) is 1. The standard InChI is InChI=1S/C27H28FN3O4/c1-33-21-6-4-5-20(15-21)27(32)29-17-24(19-9-10-25-26(16-19)35-18-34-25)31-13-11-30(12-14-31)23-8-3-2-7-22(23)28/h2-10,15-16,24H,11-14,17-18H2,1H3,(H,29,32)/t24-/m1/s1. The van der Waals surface area contributed by atoms with Crippen molar-refractivity contribution in [2.45, 2.75) is 6.04 Å². The number of nitrogens with one attached hydrogen (secondary N) is 1. The molecule has 1 atom stereocenters. The maximum Gasteiger partial charge on any atom is 0.251 e. The summed E-state index contributed by atoms with van der Waals surface area (Å²) in [5.74, 6) is 1.68. The van der Waals surface area contributed by atoms with Crippen LogP contribution in [0, 0.1) is 5.82 Å². The Balaban J connectivity index is 1.33. The fourth-order valence-corrected chi connectivity index (χ4v) is 4.62. The highest BCUT2D eigenvalue weighted by Gasteiger charge is 2.28. The zero-order chi connectivity index (χ0) is 24.2. The number of halogens is 1. The molecular weight excluding hydrogens is 449 g/mol. The molecule has 0 aliphatic carbocycles. The van der Waals surface area contributed by atoms with E-state index in [1.165, 1.54) is 6.07 Å². The van der Waals surface area contributed by atoms with Crippen molar-refractivity contribution in [2.75, 3.05) is 51.5 Å². The number of amides is 1. The van der Waals surface area contributed by atoms with Crippen LogP contribution < -0.4 is 24.4 Å². The Morgan fingerprint density at radius 2 is 1.80 bits per heavy atom. The number of ether oxygens (including phenoxy) is 3. The van der Waals surface area contributed by atoms with Crippen LogP contribution in [0.15, 0.2) is 66.7 Å². The molecule has 0 spiro atoms. The Labute approximate surface area is 204 Å². The first-order valence-electron chi connectivity index (χ1n) is 11.7. The van der Waals surface area contributed by atoms with E-state index in [-0.39, 0.29) is 24.6 Å². The van der Waals surface area contributed by atoms with Crippen LogP contribution in [0.1, 0.15) is 22.0 Å². The first kappa shape index (κ1) is 23.0. The maximum atomic E-state index is 14.3. The van der Waals surface area contributed by atoms with Gasteiger partial charge in [-0.25, -0.2) is 4.39 Å². The highest BCUT2D eigenvalue weighted by Crippen LogP contribution is 2.36. The minimum atomic E-state index is -0.209. The zero-order valence-electron chi connectivity index (χ0n) is 19.6. The lowest BCUT2D eigenvalue weighted by atomic mass is 10.0. The number of piperazine rings is 1. The van der Waals surface area contributed by atoms with E-state index in [1.807, 2.05) is 30.3 Å². The molecule has 1 saturated heterocycles. The second kappa shape index (κ2) is 10.2. The molecule has 0 aromatic heterocycles. The lowest BCUT2D eigenvalue weighted by Crippen LogP contribution is -2.50. The fraction of sp³-hybridized carbons (Fsp3) is 0.296. The number of rotatable bonds is 7. The van der Waals surface area contributed by atoms with Crippen LogP contribution in [-0.4, -0.2) is 57.4 Å². The molecule has 2 aliphatic rings. The average molecular weight is 478 g/mol. The van der Waals surface area contributed by atoms with Crippen LogP contribution >= 0.6 is 0 Å². The van der Waals surface area contributed by atoms with Gasteiger partial charge in [-0.15, -0.1) is 0 Å². The predicted octanol–water partition coefficient (Wildman–Crippen LogP) is 3.86. The second-order valence-electron chi connectivity index (χ2n) is 8.54. The molecular formula is C27H28FN3O4. The van der Waals surface area contributed by atoms with Gasteiger partial charge in [0.2, 0.25) is 6.79 Å². The van der Waals surface area contributed by atoms with Crippen molar-refractivity contribution in [3.63, 3.8) is 0 Å². The van der Waals surface area contributed by atoms with Crippen molar-refractivity contribution in [3.8, 4) is 17.2 Å². The first-order chi connectivity index (χ1) is 17.1. The quantitative estimate of drug-likeness (QED) is 0.558. The van der Waals surface area contributed by atoms with Gasteiger partial charge in [-0.05, 0) is 48.0 Å². The lowest BCUT2D eigenvalue weighted by molar-refractivity contribution is 0.0929. The Kier molecular flexibility index (Phi) is 6.72. The summed E-state index contributed by atoms with van der Waals surface area (Å²) in [6, 6.07) is 19.8. The summed E-state index contributed by atoms with van der Waals surface area (Å²) in [6.45, 7) is 3.44. The van der Waals surface area contributed by atoms with E-state index in [1.54, 1.807) is 37.4 Å². The first-order valence-corrected chi connectivity index (χ1v) is 11.7. The van der Waals surface area contributed by atoms with Gasteiger partial charge in [-0.2, -0.15) is 0 Å². The lowest BCUT2D eigenvalue weighted by Gasteiger charge is -2.40. The van der Waals surface area contributed by atoms with E-state index in [4.69, 9.17) is 14.2 Å². The molecule has 2 heterocycles. The van der Waals surface area contributed by atoms with E-state index in [2.05, 4.69) is 15.1 Å². The average Bonchev–Trinajstić information content (AvgIpc) is 3.38. The number of anilines is 1. The molecule has 7 nitrogen and oxygen atoms in total.